The van der Waals surface area contributed by atoms with Crippen LogP contribution in [0.25, 0.3) is 0 Å². The van der Waals surface area contributed by atoms with Gasteiger partial charge in [-0.1, -0.05) is 0 Å². The van der Waals surface area contributed by atoms with Gasteiger partial charge in [-0.2, -0.15) is 0 Å². The molecule has 0 N–H and O–H groups in total. The lowest BCUT2D eigenvalue weighted by Crippen LogP contribution is -2.03. The summed E-state index contributed by atoms with van der Waals surface area (Å²) < 4.78 is 5.36. The molecule has 0 amide bonds. The Morgan fingerprint density at radius 3 is 2.90 bits per heavy atom. The Morgan fingerprint density at radius 2 is 2.40 bits per heavy atom. The molecule has 2 rings (SSSR count). The van der Waals surface area contributed by atoms with Crippen molar-refractivity contribution in [1.29, 1.82) is 0 Å². The Kier molecular flexibility index (Phi) is 1.47. The first-order valence-corrected chi connectivity index (χ1v) is 4.31. The second-order valence-electron chi connectivity index (χ2n) is 3.19. The minimum absolute atomic E-state index is 0.143. The van der Waals surface area contributed by atoms with E-state index in [4.69, 9.17) is 16.3 Å². The van der Waals surface area contributed by atoms with Gasteiger partial charge < -0.3 is 4.74 Å². The van der Waals surface area contributed by atoms with Crippen molar-refractivity contribution in [1.82, 2.24) is 0 Å². The fourth-order valence-electron chi connectivity index (χ4n) is 1.43. The standard InChI is InChI=1S/C8H12ClO/c1-2-10-7-5-6(7)8(9)3-4-8/h6H,2-5H2,1H3. The van der Waals surface area contributed by atoms with E-state index in [0.717, 1.165) is 13.0 Å². The van der Waals surface area contributed by atoms with Crippen LogP contribution in [0.1, 0.15) is 26.2 Å². The van der Waals surface area contributed by atoms with Crippen LogP contribution < -0.4 is 0 Å². The first-order chi connectivity index (χ1) is 4.76. The third kappa shape index (κ3) is 1.06. The van der Waals surface area contributed by atoms with Gasteiger partial charge in [0.1, 0.15) is 6.10 Å². The topological polar surface area (TPSA) is 9.23 Å². The summed E-state index contributed by atoms with van der Waals surface area (Å²) in [7, 11) is 0. The van der Waals surface area contributed by atoms with Gasteiger partial charge in [0, 0.05) is 12.5 Å². The van der Waals surface area contributed by atoms with E-state index < -0.39 is 0 Å². The molecule has 0 aromatic carbocycles. The highest BCUT2D eigenvalue weighted by Gasteiger charge is 2.59. The van der Waals surface area contributed by atoms with Gasteiger partial charge in [0.25, 0.3) is 0 Å². The zero-order valence-electron chi connectivity index (χ0n) is 6.19. The predicted octanol–water partition coefficient (Wildman–Crippen LogP) is 2.35. The van der Waals surface area contributed by atoms with Crippen LogP contribution in [-0.2, 0) is 4.74 Å². The Bertz CT molecular complexity index is 142. The molecule has 0 bridgehead atoms. The van der Waals surface area contributed by atoms with E-state index in [0.29, 0.717) is 5.92 Å². The Morgan fingerprint density at radius 1 is 1.70 bits per heavy atom. The molecule has 2 heteroatoms. The van der Waals surface area contributed by atoms with Gasteiger partial charge >= 0.3 is 0 Å². The lowest BCUT2D eigenvalue weighted by Gasteiger charge is -2.02. The molecule has 1 atom stereocenters. The SMILES string of the molecule is CCO[C]1CC1C1(Cl)CC1. The first-order valence-electron chi connectivity index (χ1n) is 3.94. The Labute approximate surface area is 66.7 Å². The molecule has 0 spiro atoms. The second kappa shape index (κ2) is 2.12. The van der Waals surface area contributed by atoms with Crippen LogP contribution in [0.2, 0.25) is 0 Å². The Hall–Kier alpha value is 0.250. The third-order valence-electron chi connectivity index (χ3n) is 2.32. The summed E-state index contributed by atoms with van der Waals surface area (Å²) in [5, 5.41) is 0. The van der Waals surface area contributed by atoms with Gasteiger partial charge in [-0.25, -0.2) is 0 Å². The van der Waals surface area contributed by atoms with E-state index in [2.05, 4.69) is 0 Å². The number of halogens is 1. The average Bonchev–Trinajstić information content (AvgIpc) is 2.69. The van der Waals surface area contributed by atoms with Crippen molar-refractivity contribution in [2.45, 2.75) is 31.1 Å². The van der Waals surface area contributed by atoms with Crippen LogP contribution in [0.3, 0.4) is 0 Å². The minimum atomic E-state index is 0.143. The van der Waals surface area contributed by atoms with Crippen molar-refractivity contribution in [3.05, 3.63) is 6.10 Å². The highest BCUT2D eigenvalue weighted by Crippen LogP contribution is 2.62. The summed E-state index contributed by atoms with van der Waals surface area (Å²) in [6, 6.07) is 0. The second-order valence-corrected chi connectivity index (χ2v) is 3.94. The van der Waals surface area contributed by atoms with Crippen LogP contribution in [-0.4, -0.2) is 11.5 Å². The maximum atomic E-state index is 6.17. The van der Waals surface area contributed by atoms with Gasteiger partial charge in [0.05, 0.1) is 4.87 Å². The number of ether oxygens (including phenoxy) is 1. The number of alkyl halides is 1. The molecule has 1 nitrogen and oxygen atoms in total. The predicted molar refractivity (Wildman–Crippen MR) is 40.8 cm³/mol. The van der Waals surface area contributed by atoms with Crippen molar-refractivity contribution in [3.63, 3.8) is 0 Å². The van der Waals surface area contributed by atoms with E-state index in [1.807, 2.05) is 6.92 Å². The summed E-state index contributed by atoms with van der Waals surface area (Å²) in [5.41, 5.74) is 0. The van der Waals surface area contributed by atoms with Crippen molar-refractivity contribution >= 4 is 11.6 Å². The molecule has 0 aromatic heterocycles. The average molecular weight is 160 g/mol. The van der Waals surface area contributed by atoms with Crippen LogP contribution in [0.5, 0.6) is 0 Å². The van der Waals surface area contributed by atoms with E-state index in [1.54, 1.807) is 0 Å². The molecular formula is C8H12ClO. The van der Waals surface area contributed by atoms with Gasteiger partial charge in [0.2, 0.25) is 0 Å². The summed E-state index contributed by atoms with van der Waals surface area (Å²) >= 11 is 6.17. The molecule has 0 aliphatic heterocycles. The molecule has 0 aromatic rings. The molecule has 2 fully saturated rings. The molecule has 1 unspecified atom stereocenters. The van der Waals surface area contributed by atoms with E-state index in [9.17, 15) is 0 Å². The zero-order chi connectivity index (χ0) is 7.19. The van der Waals surface area contributed by atoms with E-state index >= 15 is 0 Å². The summed E-state index contributed by atoms with van der Waals surface area (Å²) in [6.07, 6.45) is 4.75. The molecule has 2 saturated carbocycles. The van der Waals surface area contributed by atoms with Crippen LogP contribution in [0.15, 0.2) is 0 Å². The van der Waals surface area contributed by atoms with Crippen LogP contribution >= 0.6 is 11.6 Å². The smallest absolute Gasteiger partial charge is 0.102 e. The monoisotopic (exact) mass is 159 g/mol. The summed E-state index contributed by atoms with van der Waals surface area (Å²) in [4.78, 5) is 0.143. The number of hydrogen-bond donors (Lipinski definition) is 0. The molecule has 2 aliphatic rings. The summed E-state index contributed by atoms with van der Waals surface area (Å²) in [5.74, 6) is 0.606. The van der Waals surface area contributed by atoms with Crippen molar-refractivity contribution in [3.8, 4) is 0 Å². The minimum Gasteiger partial charge on any atom is -0.372 e. The molecule has 57 valence electrons. The Balaban J connectivity index is 1.79. The normalized spacial score (nSPS) is 36.0. The molecule has 1 radical (unpaired) electrons. The van der Waals surface area contributed by atoms with Crippen molar-refractivity contribution in [2.75, 3.05) is 6.61 Å². The van der Waals surface area contributed by atoms with Crippen molar-refractivity contribution in [2.24, 2.45) is 5.92 Å². The van der Waals surface area contributed by atoms with Crippen LogP contribution in [0, 0.1) is 12.0 Å². The third-order valence-corrected chi connectivity index (χ3v) is 2.96. The molecule has 0 saturated heterocycles. The maximum Gasteiger partial charge on any atom is 0.102 e. The largest absolute Gasteiger partial charge is 0.372 e. The van der Waals surface area contributed by atoms with Gasteiger partial charge in [-0.3, -0.25) is 0 Å². The van der Waals surface area contributed by atoms with E-state index in [-0.39, 0.29) is 4.87 Å². The van der Waals surface area contributed by atoms with E-state index in [1.165, 1.54) is 18.9 Å². The number of hydrogen-bond acceptors (Lipinski definition) is 1. The molecule has 10 heavy (non-hydrogen) atoms. The van der Waals surface area contributed by atoms with Gasteiger partial charge in [0.15, 0.2) is 0 Å². The number of rotatable bonds is 3. The first kappa shape index (κ1) is 6.93. The van der Waals surface area contributed by atoms with Crippen molar-refractivity contribution < 1.29 is 4.74 Å². The van der Waals surface area contributed by atoms with Gasteiger partial charge in [-0.15, -0.1) is 11.6 Å². The molecule has 0 heterocycles. The zero-order valence-corrected chi connectivity index (χ0v) is 6.95. The summed E-state index contributed by atoms with van der Waals surface area (Å²) in [6.45, 7) is 2.83. The lowest BCUT2D eigenvalue weighted by molar-refractivity contribution is 0.192. The van der Waals surface area contributed by atoms with Gasteiger partial charge in [-0.05, 0) is 26.2 Å². The highest BCUT2D eigenvalue weighted by atomic mass is 35.5. The maximum absolute atomic E-state index is 6.17. The quantitative estimate of drug-likeness (QED) is 0.575. The van der Waals surface area contributed by atoms with Crippen LogP contribution in [0.4, 0.5) is 0 Å². The fourth-order valence-corrected chi connectivity index (χ4v) is 1.72. The lowest BCUT2D eigenvalue weighted by atomic mass is 10.3. The molecular weight excluding hydrogens is 148 g/mol. The fraction of sp³-hybridized carbons (Fsp3) is 0.875. The highest BCUT2D eigenvalue weighted by molar-refractivity contribution is 6.26. The molecule has 2 aliphatic carbocycles.